The maximum atomic E-state index is 13.5. The molecule has 2 N–H and O–H groups in total. The largest absolute Gasteiger partial charge is 0.368 e. The fraction of sp³-hybridized carbons (Fsp3) is 0.370. The number of aryl methyl sites for hydroxylation is 1. The fourth-order valence-corrected chi connectivity index (χ4v) is 5.23. The van der Waals surface area contributed by atoms with Crippen LogP contribution in [-0.2, 0) is 5.54 Å². The first-order valence-corrected chi connectivity index (χ1v) is 11.5. The number of carbonyl (C=O) groups is 1. The van der Waals surface area contributed by atoms with Gasteiger partial charge >= 0.3 is 0 Å². The Hall–Kier alpha value is -2.85. The Labute approximate surface area is 183 Å². The van der Waals surface area contributed by atoms with Gasteiger partial charge in [-0.1, -0.05) is 48.5 Å². The summed E-state index contributed by atoms with van der Waals surface area (Å²) in [4.78, 5) is 15.9. The molecule has 1 heterocycles. The number of carbonyl (C=O) groups excluding carboxylic acids is 1. The topological polar surface area (TPSA) is 44.4 Å². The molecule has 4 nitrogen and oxygen atoms in total. The predicted molar refractivity (Wildman–Crippen MR) is 126 cm³/mol. The molecule has 4 heteroatoms. The Bertz CT molecular complexity index is 1170. The summed E-state index contributed by atoms with van der Waals surface area (Å²) in [6, 6.07) is 21.3. The second-order valence-corrected chi connectivity index (χ2v) is 9.69. The van der Waals surface area contributed by atoms with Crippen LogP contribution < -0.4 is 15.5 Å². The van der Waals surface area contributed by atoms with Gasteiger partial charge in [-0.2, -0.15) is 0 Å². The number of benzene rings is 3. The predicted octanol–water partition coefficient (Wildman–Crippen LogP) is 4.51. The summed E-state index contributed by atoms with van der Waals surface area (Å²) in [5.74, 6) is 0.0426. The molecule has 0 radical (unpaired) electrons. The molecule has 1 spiro atoms. The van der Waals surface area contributed by atoms with Crippen molar-refractivity contribution in [3.8, 4) is 0 Å². The fourth-order valence-electron chi connectivity index (χ4n) is 5.23. The van der Waals surface area contributed by atoms with Crippen LogP contribution in [0.25, 0.3) is 10.8 Å². The van der Waals surface area contributed by atoms with E-state index in [1.165, 1.54) is 34.9 Å². The standard InChI is InChI=1S/C27H29N3O/c1-19-9-10-21(30-16-15-28-26(18-30)11-12-26)17-23(19)25(31)29-27(13-14-27)24-8-4-6-20-5-2-3-7-22(20)24/h2-10,17,28H,11-16,18H2,1H3,(H,29,31). The van der Waals surface area contributed by atoms with Crippen molar-refractivity contribution in [2.24, 2.45) is 0 Å². The third-order valence-electron chi connectivity index (χ3n) is 7.47. The molecular weight excluding hydrogens is 382 g/mol. The van der Waals surface area contributed by atoms with Crippen LogP contribution in [-0.4, -0.2) is 31.1 Å². The average molecular weight is 412 g/mol. The minimum absolute atomic E-state index is 0.0426. The highest BCUT2D eigenvalue weighted by molar-refractivity contribution is 5.98. The zero-order valence-electron chi connectivity index (χ0n) is 18.1. The molecule has 6 rings (SSSR count). The van der Waals surface area contributed by atoms with E-state index in [9.17, 15) is 4.79 Å². The number of amides is 1. The SMILES string of the molecule is Cc1ccc(N2CCNC3(CC3)C2)cc1C(=O)NC1(c2cccc3ccccc23)CC1. The quantitative estimate of drug-likeness (QED) is 0.664. The first-order chi connectivity index (χ1) is 15.1. The smallest absolute Gasteiger partial charge is 0.252 e. The van der Waals surface area contributed by atoms with E-state index in [4.69, 9.17) is 0 Å². The molecule has 31 heavy (non-hydrogen) atoms. The van der Waals surface area contributed by atoms with Crippen molar-refractivity contribution in [3.63, 3.8) is 0 Å². The first-order valence-electron chi connectivity index (χ1n) is 11.5. The van der Waals surface area contributed by atoms with E-state index in [1.807, 2.05) is 6.92 Å². The summed E-state index contributed by atoms with van der Waals surface area (Å²) in [5, 5.41) is 9.56. The minimum atomic E-state index is -0.243. The van der Waals surface area contributed by atoms with Crippen LogP contribution in [0.2, 0.25) is 0 Å². The molecule has 158 valence electrons. The van der Waals surface area contributed by atoms with Gasteiger partial charge in [-0.25, -0.2) is 0 Å². The van der Waals surface area contributed by atoms with Gasteiger partial charge in [0.2, 0.25) is 0 Å². The van der Waals surface area contributed by atoms with Gasteiger partial charge in [0, 0.05) is 36.4 Å². The summed E-state index contributed by atoms with van der Waals surface area (Å²) in [7, 11) is 0. The average Bonchev–Trinajstić information content (AvgIpc) is 3.72. The Morgan fingerprint density at radius 1 is 1.00 bits per heavy atom. The highest BCUT2D eigenvalue weighted by Crippen LogP contribution is 2.48. The van der Waals surface area contributed by atoms with E-state index in [1.54, 1.807) is 0 Å². The number of anilines is 1. The van der Waals surface area contributed by atoms with Crippen molar-refractivity contribution < 1.29 is 4.79 Å². The normalized spacial score (nSPS) is 20.6. The van der Waals surface area contributed by atoms with Crippen molar-refractivity contribution >= 4 is 22.4 Å². The van der Waals surface area contributed by atoms with Gasteiger partial charge in [-0.15, -0.1) is 0 Å². The second-order valence-electron chi connectivity index (χ2n) is 9.69. The minimum Gasteiger partial charge on any atom is -0.368 e. The Morgan fingerprint density at radius 3 is 2.61 bits per heavy atom. The van der Waals surface area contributed by atoms with Gasteiger partial charge in [0.25, 0.3) is 5.91 Å². The number of piperazine rings is 1. The van der Waals surface area contributed by atoms with E-state index >= 15 is 0 Å². The third kappa shape index (κ3) is 3.30. The van der Waals surface area contributed by atoms with Crippen LogP contribution in [0.5, 0.6) is 0 Å². The van der Waals surface area contributed by atoms with Crippen molar-refractivity contribution in [2.75, 3.05) is 24.5 Å². The van der Waals surface area contributed by atoms with Crippen molar-refractivity contribution in [1.82, 2.24) is 10.6 Å². The molecule has 1 aliphatic heterocycles. The Morgan fingerprint density at radius 2 is 1.81 bits per heavy atom. The number of rotatable bonds is 4. The van der Waals surface area contributed by atoms with Gasteiger partial charge in [0.05, 0.1) is 5.54 Å². The van der Waals surface area contributed by atoms with Crippen molar-refractivity contribution in [1.29, 1.82) is 0 Å². The van der Waals surface area contributed by atoms with Crippen molar-refractivity contribution in [3.05, 3.63) is 77.4 Å². The van der Waals surface area contributed by atoms with Crippen LogP contribution in [0, 0.1) is 6.92 Å². The summed E-state index contributed by atoms with van der Waals surface area (Å²) in [5.41, 5.74) is 4.31. The van der Waals surface area contributed by atoms with Gasteiger partial charge < -0.3 is 15.5 Å². The Kier molecular flexibility index (Phi) is 4.16. The summed E-state index contributed by atoms with van der Waals surface area (Å²) in [6.07, 6.45) is 4.50. The maximum absolute atomic E-state index is 13.5. The zero-order chi connectivity index (χ0) is 21.1. The lowest BCUT2D eigenvalue weighted by atomic mass is 9.96. The highest BCUT2D eigenvalue weighted by Gasteiger charge is 2.47. The highest BCUT2D eigenvalue weighted by atomic mass is 16.1. The van der Waals surface area contributed by atoms with E-state index < -0.39 is 0 Å². The van der Waals surface area contributed by atoms with Gasteiger partial charge in [-0.3, -0.25) is 4.79 Å². The molecule has 3 aromatic carbocycles. The molecule has 3 fully saturated rings. The molecule has 2 aliphatic carbocycles. The maximum Gasteiger partial charge on any atom is 0.252 e. The van der Waals surface area contributed by atoms with Crippen LogP contribution in [0.4, 0.5) is 5.69 Å². The summed E-state index contributed by atoms with van der Waals surface area (Å²) < 4.78 is 0. The molecule has 2 saturated carbocycles. The van der Waals surface area contributed by atoms with Crippen molar-refractivity contribution in [2.45, 2.75) is 43.7 Å². The lowest BCUT2D eigenvalue weighted by molar-refractivity contribution is 0.0930. The molecule has 1 amide bonds. The second kappa shape index (κ2) is 6.83. The lowest BCUT2D eigenvalue weighted by Crippen LogP contribution is -2.52. The van der Waals surface area contributed by atoms with Gasteiger partial charge in [0.1, 0.15) is 0 Å². The van der Waals surface area contributed by atoms with E-state index in [0.29, 0.717) is 5.54 Å². The lowest BCUT2D eigenvalue weighted by Gasteiger charge is -2.36. The molecule has 0 unspecified atom stereocenters. The van der Waals surface area contributed by atoms with Crippen LogP contribution in [0.3, 0.4) is 0 Å². The number of nitrogens with one attached hydrogen (secondary N) is 2. The molecule has 3 aliphatic rings. The number of hydrogen-bond donors (Lipinski definition) is 2. The summed E-state index contributed by atoms with van der Waals surface area (Å²) in [6.45, 7) is 5.08. The van der Waals surface area contributed by atoms with E-state index in [-0.39, 0.29) is 11.4 Å². The third-order valence-corrected chi connectivity index (χ3v) is 7.47. The van der Waals surface area contributed by atoms with Crippen LogP contribution >= 0.6 is 0 Å². The van der Waals surface area contributed by atoms with Crippen LogP contribution in [0.15, 0.2) is 60.7 Å². The molecule has 0 aromatic heterocycles. The monoisotopic (exact) mass is 411 g/mol. The van der Waals surface area contributed by atoms with Gasteiger partial charge in [-0.05, 0) is 66.6 Å². The molecule has 0 atom stereocenters. The first kappa shape index (κ1) is 18.9. The molecule has 0 bridgehead atoms. The van der Waals surface area contributed by atoms with E-state index in [2.05, 4.69) is 76.2 Å². The van der Waals surface area contributed by atoms with Gasteiger partial charge in [0.15, 0.2) is 0 Å². The van der Waals surface area contributed by atoms with Crippen LogP contribution in [0.1, 0.15) is 47.2 Å². The zero-order valence-corrected chi connectivity index (χ0v) is 18.1. The van der Waals surface area contributed by atoms with E-state index in [0.717, 1.165) is 43.6 Å². The number of nitrogens with zero attached hydrogens (tertiary/aromatic N) is 1. The number of fused-ring (bicyclic) bond motifs is 1. The molecule has 1 saturated heterocycles. The Balaban J connectivity index is 1.28. The molecule has 3 aromatic rings. The summed E-state index contributed by atoms with van der Waals surface area (Å²) >= 11 is 0. The molecular formula is C27H29N3O. The number of hydrogen-bond acceptors (Lipinski definition) is 3.